The van der Waals surface area contributed by atoms with Crippen LogP contribution < -0.4 is 9.04 Å². The molecule has 1 atom stereocenters. The number of ketones is 1. The molecule has 1 heterocycles. The number of alkyl halides is 4. The summed E-state index contributed by atoms with van der Waals surface area (Å²) in [5.41, 5.74) is -4.42. The fraction of sp³-hybridized carbons (Fsp3) is 0.462. The summed E-state index contributed by atoms with van der Waals surface area (Å²) in [7, 11) is -4.31. The van der Waals surface area contributed by atoms with E-state index in [2.05, 4.69) is 4.74 Å². The number of halogens is 5. The predicted molar refractivity (Wildman–Crippen MR) is 129 cm³/mol. The summed E-state index contributed by atoms with van der Waals surface area (Å²) in [6, 6.07) is 8.08. The maximum absolute atomic E-state index is 14.1. The molecule has 2 aromatic rings. The van der Waals surface area contributed by atoms with E-state index in [0.29, 0.717) is 13.8 Å². The zero-order valence-corrected chi connectivity index (χ0v) is 21.9. The molecular formula is C26H26F5NO6S. The number of anilines is 1. The van der Waals surface area contributed by atoms with Gasteiger partial charge in [-0.2, -0.15) is 13.2 Å². The number of fused-ring (bicyclic) bond motifs is 1. The Bertz CT molecular complexity index is 1370. The van der Waals surface area contributed by atoms with Crippen molar-refractivity contribution in [3.8, 4) is 5.75 Å². The van der Waals surface area contributed by atoms with Crippen LogP contribution in [0.2, 0.25) is 0 Å². The fourth-order valence-corrected chi connectivity index (χ4v) is 5.53. The number of ether oxygens (including phenoxy) is 2. The number of carbonyl (C=O) groups excluding carboxylic acids is 2. The van der Waals surface area contributed by atoms with Crippen molar-refractivity contribution in [1.29, 1.82) is 0 Å². The van der Waals surface area contributed by atoms with Crippen LogP contribution in [0.5, 0.6) is 5.75 Å². The number of sulfonamides is 1. The third-order valence-corrected chi connectivity index (χ3v) is 8.43. The number of hydrogen-bond acceptors (Lipinski definition) is 6. The molecule has 2 aromatic carbocycles. The Morgan fingerprint density at radius 2 is 1.74 bits per heavy atom. The van der Waals surface area contributed by atoms with Crippen LogP contribution in [0.25, 0.3) is 0 Å². The van der Waals surface area contributed by atoms with E-state index in [1.165, 1.54) is 18.2 Å². The van der Waals surface area contributed by atoms with Crippen molar-refractivity contribution in [1.82, 2.24) is 0 Å². The molecule has 0 aromatic heterocycles. The lowest BCUT2D eigenvalue weighted by molar-refractivity contribution is -0.257. The molecule has 0 bridgehead atoms. The molecule has 1 saturated carbocycles. The average Bonchev–Trinajstić information content (AvgIpc) is 3.59. The second-order valence-corrected chi connectivity index (χ2v) is 12.0. The maximum atomic E-state index is 14.1. The minimum absolute atomic E-state index is 0.00793. The Morgan fingerprint density at radius 1 is 1.10 bits per heavy atom. The first-order valence-corrected chi connectivity index (χ1v) is 13.5. The third-order valence-electron chi connectivity index (χ3n) is 6.64. The molecule has 1 aliphatic heterocycles. The summed E-state index contributed by atoms with van der Waals surface area (Å²) in [6.07, 6.45) is -6.06. The van der Waals surface area contributed by atoms with E-state index >= 15 is 0 Å². The van der Waals surface area contributed by atoms with Crippen molar-refractivity contribution in [2.45, 2.75) is 74.4 Å². The summed E-state index contributed by atoms with van der Waals surface area (Å²) >= 11 is 0. The van der Waals surface area contributed by atoms with Crippen LogP contribution in [-0.2, 0) is 30.8 Å². The van der Waals surface area contributed by atoms with Gasteiger partial charge in [-0.05, 0) is 75.1 Å². The van der Waals surface area contributed by atoms with Crippen molar-refractivity contribution in [3.63, 3.8) is 0 Å². The van der Waals surface area contributed by atoms with Crippen LogP contribution >= 0.6 is 0 Å². The summed E-state index contributed by atoms with van der Waals surface area (Å²) < 4.78 is 105. The molecule has 7 nitrogen and oxygen atoms in total. The largest absolute Gasteiger partial charge is 0.486 e. The minimum atomic E-state index is -4.80. The van der Waals surface area contributed by atoms with E-state index in [-0.39, 0.29) is 54.1 Å². The maximum Gasteiger partial charge on any atom is 0.427 e. The molecule has 2 aliphatic rings. The molecule has 0 unspecified atom stereocenters. The van der Waals surface area contributed by atoms with Crippen molar-refractivity contribution in [3.05, 3.63) is 53.8 Å². The lowest BCUT2D eigenvalue weighted by Gasteiger charge is -2.36. The normalized spacial score (nSPS) is 18.6. The highest BCUT2D eigenvalue weighted by atomic mass is 32.2. The van der Waals surface area contributed by atoms with Gasteiger partial charge in [0.05, 0.1) is 23.5 Å². The van der Waals surface area contributed by atoms with E-state index in [1.807, 2.05) is 0 Å². The standard InChI is InChI=1S/C26H26F5NO6S/c1-24(2,26(29,30)31)38-23(34)14-16-3-9-21-20(13-16)32(39(35,36)19-7-4-17(27)5-8-19)15-18(37-21)6-10-22(33)25(28)11-12-25/h3-5,7-9,13,18H,6,10-12,14-15H2,1-2H3/t18-/m0/s1. The van der Waals surface area contributed by atoms with Gasteiger partial charge < -0.3 is 9.47 Å². The number of benzene rings is 2. The topological polar surface area (TPSA) is 90.0 Å². The number of nitrogens with zero attached hydrogens (tertiary/aromatic N) is 1. The molecule has 0 spiro atoms. The monoisotopic (exact) mass is 575 g/mol. The van der Waals surface area contributed by atoms with Crippen LogP contribution in [0, 0.1) is 5.82 Å². The number of carbonyl (C=O) groups is 2. The first-order chi connectivity index (χ1) is 18.0. The molecule has 0 amide bonds. The smallest absolute Gasteiger partial charge is 0.427 e. The lowest BCUT2D eigenvalue weighted by Crippen LogP contribution is -2.44. The van der Waals surface area contributed by atoms with Crippen LogP contribution in [0.4, 0.5) is 27.6 Å². The highest BCUT2D eigenvalue weighted by Crippen LogP contribution is 2.43. The Balaban J connectivity index is 1.61. The van der Waals surface area contributed by atoms with E-state index < -0.39 is 57.6 Å². The Hall–Kier alpha value is -3.22. The van der Waals surface area contributed by atoms with Gasteiger partial charge in [0.15, 0.2) is 11.5 Å². The number of rotatable bonds is 9. The van der Waals surface area contributed by atoms with E-state index in [1.54, 1.807) is 0 Å². The molecule has 1 aliphatic carbocycles. The van der Waals surface area contributed by atoms with Gasteiger partial charge in [-0.15, -0.1) is 0 Å². The van der Waals surface area contributed by atoms with Crippen LogP contribution in [0.15, 0.2) is 47.4 Å². The average molecular weight is 576 g/mol. The molecular weight excluding hydrogens is 549 g/mol. The van der Waals surface area contributed by atoms with Gasteiger partial charge in [0.2, 0.25) is 5.60 Å². The zero-order valence-electron chi connectivity index (χ0n) is 21.1. The highest BCUT2D eigenvalue weighted by Gasteiger charge is 2.51. The number of Topliss-reactive ketones (excluding diaryl/α,β-unsaturated/α-hetero) is 1. The molecule has 4 rings (SSSR count). The summed E-state index contributed by atoms with van der Waals surface area (Å²) in [5.74, 6) is -2.35. The molecule has 1 fully saturated rings. The molecule has 39 heavy (non-hydrogen) atoms. The van der Waals surface area contributed by atoms with Gasteiger partial charge in [0, 0.05) is 6.42 Å². The minimum Gasteiger partial charge on any atom is -0.486 e. The summed E-state index contributed by atoms with van der Waals surface area (Å²) in [6.45, 7) is 1.14. The second-order valence-electron chi connectivity index (χ2n) is 10.1. The second kappa shape index (κ2) is 10.1. The SMILES string of the molecule is CC(C)(OC(=O)Cc1ccc2c(c1)N(S(=O)(=O)c1ccc(F)cc1)C[C@H](CCC(=O)C1(F)CC1)O2)C(F)(F)F. The van der Waals surface area contributed by atoms with Gasteiger partial charge in [0.1, 0.15) is 17.7 Å². The molecule has 212 valence electrons. The predicted octanol–water partition coefficient (Wildman–Crippen LogP) is 5.06. The van der Waals surface area contributed by atoms with E-state index in [0.717, 1.165) is 28.6 Å². The quantitative estimate of drug-likeness (QED) is 0.307. The zero-order chi connectivity index (χ0) is 28.8. The molecule has 0 radical (unpaired) electrons. The lowest BCUT2D eigenvalue weighted by atomic mass is 10.0. The number of hydrogen-bond donors (Lipinski definition) is 0. The van der Waals surface area contributed by atoms with Crippen LogP contribution in [-0.4, -0.2) is 50.3 Å². The van der Waals surface area contributed by atoms with E-state index in [4.69, 9.17) is 4.74 Å². The van der Waals surface area contributed by atoms with Crippen molar-refractivity contribution in [2.75, 3.05) is 10.8 Å². The molecule has 0 saturated heterocycles. The number of esters is 1. The first-order valence-electron chi connectivity index (χ1n) is 12.1. The van der Waals surface area contributed by atoms with Gasteiger partial charge in [-0.3, -0.25) is 13.9 Å². The van der Waals surface area contributed by atoms with Gasteiger partial charge >= 0.3 is 12.1 Å². The fourth-order valence-electron chi connectivity index (χ4n) is 4.03. The summed E-state index contributed by atoms with van der Waals surface area (Å²) in [5, 5.41) is 0. The Kier molecular flexibility index (Phi) is 7.43. The molecule has 13 heteroatoms. The molecule has 0 N–H and O–H groups in total. The van der Waals surface area contributed by atoms with Gasteiger partial charge in [-0.25, -0.2) is 17.2 Å². The highest BCUT2D eigenvalue weighted by molar-refractivity contribution is 7.92. The van der Waals surface area contributed by atoms with Crippen molar-refractivity contribution >= 4 is 27.5 Å². The van der Waals surface area contributed by atoms with Crippen LogP contribution in [0.3, 0.4) is 0 Å². The van der Waals surface area contributed by atoms with E-state index in [9.17, 15) is 40.0 Å². The van der Waals surface area contributed by atoms with Crippen molar-refractivity contribution < 1.29 is 49.4 Å². The van der Waals surface area contributed by atoms with Crippen molar-refractivity contribution in [2.24, 2.45) is 0 Å². The first kappa shape index (κ1) is 28.8. The Labute approximate surface area is 221 Å². The van der Waals surface area contributed by atoms with Gasteiger partial charge in [-0.1, -0.05) is 6.07 Å². The Morgan fingerprint density at radius 3 is 2.33 bits per heavy atom. The van der Waals surface area contributed by atoms with Gasteiger partial charge in [0.25, 0.3) is 10.0 Å². The summed E-state index contributed by atoms with van der Waals surface area (Å²) in [4.78, 5) is 24.2. The van der Waals surface area contributed by atoms with Crippen LogP contribution in [0.1, 0.15) is 45.1 Å². The third kappa shape index (κ3) is 6.18.